The highest BCUT2D eigenvalue weighted by atomic mass is 16.5. The quantitative estimate of drug-likeness (QED) is 0.883. The number of nitrogen functional groups attached to an aromatic ring is 1. The second kappa shape index (κ2) is 5.02. The van der Waals surface area contributed by atoms with E-state index in [9.17, 15) is 0 Å². The van der Waals surface area contributed by atoms with Crippen LogP contribution < -0.4 is 10.5 Å². The van der Waals surface area contributed by atoms with Gasteiger partial charge in [0.2, 0.25) is 0 Å². The molecule has 0 fully saturated rings. The molecule has 0 aliphatic carbocycles. The van der Waals surface area contributed by atoms with Crippen LogP contribution in [0.1, 0.15) is 31.0 Å². The van der Waals surface area contributed by atoms with Gasteiger partial charge in [-0.15, -0.1) is 0 Å². The zero-order chi connectivity index (χ0) is 14.0. The van der Waals surface area contributed by atoms with Gasteiger partial charge >= 0.3 is 0 Å². The predicted molar refractivity (Wildman–Crippen MR) is 73.8 cm³/mol. The largest absolute Gasteiger partial charge is 0.496 e. The third-order valence-electron chi connectivity index (χ3n) is 2.97. The van der Waals surface area contributed by atoms with Crippen molar-refractivity contribution in [3.63, 3.8) is 0 Å². The Hall–Kier alpha value is -2.48. The number of methoxy groups -OCH3 is 1. The summed E-state index contributed by atoms with van der Waals surface area (Å²) in [5, 5.41) is 8.88. The van der Waals surface area contributed by atoms with Gasteiger partial charge in [0.05, 0.1) is 7.11 Å². The van der Waals surface area contributed by atoms with Crippen LogP contribution >= 0.6 is 0 Å². The number of imidazole rings is 1. The lowest BCUT2D eigenvalue weighted by molar-refractivity contribution is 0.407. The van der Waals surface area contributed by atoms with Crippen LogP contribution in [0, 0.1) is 11.3 Å². The average molecular weight is 256 g/mol. The number of aromatic nitrogens is 2. The number of anilines is 1. The fraction of sp³-hybridized carbons (Fsp3) is 0.286. The van der Waals surface area contributed by atoms with Crippen molar-refractivity contribution in [3.8, 4) is 23.2 Å². The molecule has 0 aliphatic heterocycles. The number of aromatic amines is 1. The lowest BCUT2D eigenvalue weighted by Crippen LogP contribution is -1.95. The molecule has 19 heavy (non-hydrogen) atoms. The summed E-state index contributed by atoms with van der Waals surface area (Å²) in [6.45, 7) is 4.19. The van der Waals surface area contributed by atoms with Crippen molar-refractivity contribution >= 4 is 5.82 Å². The third-order valence-corrected chi connectivity index (χ3v) is 2.97. The van der Waals surface area contributed by atoms with Crippen molar-refractivity contribution in [2.45, 2.75) is 19.8 Å². The molecule has 5 heteroatoms. The van der Waals surface area contributed by atoms with E-state index >= 15 is 0 Å². The molecule has 0 radical (unpaired) electrons. The number of hydrogen-bond donors (Lipinski definition) is 2. The number of nitrogens with one attached hydrogen (secondary N) is 1. The van der Waals surface area contributed by atoms with Crippen molar-refractivity contribution < 1.29 is 4.74 Å². The minimum Gasteiger partial charge on any atom is -0.496 e. The van der Waals surface area contributed by atoms with Crippen LogP contribution in [0.2, 0.25) is 0 Å². The Morgan fingerprint density at radius 3 is 2.68 bits per heavy atom. The van der Waals surface area contributed by atoms with E-state index < -0.39 is 0 Å². The lowest BCUT2D eigenvalue weighted by atomic mass is 9.99. The summed E-state index contributed by atoms with van der Waals surface area (Å²) >= 11 is 0. The summed E-state index contributed by atoms with van der Waals surface area (Å²) in [5.41, 5.74) is 7.92. The summed E-state index contributed by atoms with van der Waals surface area (Å²) < 4.78 is 5.34. The van der Waals surface area contributed by atoms with Gasteiger partial charge in [0.15, 0.2) is 11.5 Å². The SMILES string of the molecule is COc1ccc(-c2nc(N)c(C#N)[nH]2)cc1C(C)C. The van der Waals surface area contributed by atoms with Gasteiger partial charge in [-0.1, -0.05) is 13.8 Å². The maximum atomic E-state index is 8.88. The number of nitrogens with zero attached hydrogens (tertiary/aromatic N) is 2. The molecule has 0 atom stereocenters. The van der Waals surface area contributed by atoms with Gasteiger partial charge in [0.1, 0.15) is 17.6 Å². The molecule has 0 spiro atoms. The van der Waals surface area contributed by atoms with E-state index in [0.29, 0.717) is 11.7 Å². The second-order valence-electron chi connectivity index (χ2n) is 4.57. The maximum Gasteiger partial charge on any atom is 0.161 e. The Labute approximate surface area is 112 Å². The van der Waals surface area contributed by atoms with E-state index in [1.807, 2.05) is 24.3 Å². The topological polar surface area (TPSA) is 87.7 Å². The third kappa shape index (κ3) is 2.38. The Morgan fingerprint density at radius 1 is 1.42 bits per heavy atom. The molecule has 1 aromatic carbocycles. The maximum absolute atomic E-state index is 8.88. The average Bonchev–Trinajstić information content (AvgIpc) is 2.79. The predicted octanol–water partition coefficient (Wildman–Crippen LogP) is 2.66. The fourth-order valence-electron chi connectivity index (χ4n) is 1.94. The smallest absolute Gasteiger partial charge is 0.161 e. The van der Waals surface area contributed by atoms with E-state index in [4.69, 9.17) is 15.7 Å². The normalized spacial score (nSPS) is 10.5. The van der Waals surface area contributed by atoms with Gasteiger partial charge in [-0.05, 0) is 29.7 Å². The molecular weight excluding hydrogens is 240 g/mol. The Balaban J connectivity index is 2.51. The molecule has 3 N–H and O–H groups in total. The monoisotopic (exact) mass is 256 g/mol. The van der Waals surface area contributed by atoms with E-state index in [0.717, 1.165) is 16.9 Å². The number of benzene rings is 1. The van der Waals surface area contributed by atoms with Crippen molar-refractivity contribution in [1.82, 2.24) is 9.97 Å². The molecule has 0 saturated carbocycles. The van der Waals surface area contributed by atoms with E-state index in [2.05, 4.69) is 23.8 Å². The number of rotatable bonds is 3. The first-order valence-electron chi connectivity index (χ1n) is 6.00. The van der Waals surface area contributed by atoms with Crippen LogP contribution in [0.3, 0.4) is 0 Å². The number of nitriles is 1. The summed E-state index contributed by atoms with van der Waals surface area (Å²) in [5.74, 6) is 1.99. The van der Waals surface area contributed by atoms with Crippen molar-refractivity contribution in [1.29, 1.82) is 5.26 Å². The number of ether oxygens (including phenoxy) is 1. The van der Waals surface area contributed by atoms with Crippen molar-refractivity contribution in [2.24, 2.45) is 0 Å². The van der Waals surface area contributed by atoms with Gasteiger partial charge in [-0.2, -0.15) is 5.26 Å². The van der Waals surface area contributed by atoms with E-state index in [1.54, 1.807) is 7.11 Å². The number of hydrogen-bond acceptors (Lipinski definition) is 4. The van der Waals surface area contributed by atoms with Crippen LogP contribution in [0.4, 0.5) is 5.82 Å². The minimum absolute atomic E-state index is 0.222. The first-order valence-corrected chi connectivity index (χ1v) is 6.00. The molecule has 98 valence electrons. The molecule has 0 saturated heterocycles. The zero-order valence-corrected chi connectivity index (χ0v) is 11.2. The first-order chi connectivity index (χ1) is 9.06. The molecule has 0 amide bonds. The van der Waals surface area contributed by atoms with E-state index in [1.165, 1.54) is 0 Å². The summed E-state index contributed by atoms with van der Waals surface area (Å²) in [7, 11) is 1.65. The van der Waals surface area contributed by atoms with Gasteiger partial charge in [-0.25, -0.2) is 4.98 Å². The van der Waals surface area contributed by atoms with Crippen LogP contribution in [-0.4, -0.2) is 17.1 Å². The molecular formula is C14H16N4O. The summed E-state index contributed by atoms with van der Waals surface area (Å²) in [6.07, 6.45) is 0. The standard InChI is InChI=1S/C14H16N4O/c1-8(2)10-6-9(4-5-12(10)19-3)14-17-11(7-15)13(16)18-14/h4-6,8H,16H2,1-3H3,(H,17,18). The van der Waals surface area contributed by atoms with Crippen LogP contribution in [-0.2, 0) is 0 Å². The van der Waals surface area contributed by atoms with E-state index in [-0.39, 0.29) is 11.5 Å². The van der Waals surface area contributed by atoms with Crippen LogP contribution in [0.15, 0.2) is 18.2 Å². The first kappa shape index (κ1) is 13.0. The Morgan fingerprint density at radius 2 is 2.16 bits per heavy atom. The van der Waals surface area contributed by atoms with Gasteiger partial charge in [-0.3, -0.25) is 0 Å². The lowest BCUT2D eigenvalue weighted by Gasteiger charge is -2.12. The van der Waals surface area contributed by atoms with Crippen LogP contribution in [0.25, 0.3) is 11.4 Å². The Bertz CT molecular complexity index is 637. The summed E-state index contributed by atoms with van der Waals surface area (Å²) in [4.78, 5) is 7.08. The van der Waals surface area contributed by atoms with Crippen LogP contribution in [0.5, 0.6) is 5.75 Å². The van der Waals surface area contributed by atoms with Gasteiger partial charge < -0.3 is 15.5 Å². The molecule has 1 heterocycles. The molecule has 0 unspecified atom stereocenters. The van der Waals surface area contributed by atoms with Gasteiger partial charge in [0.25, 0.3) is 0 Å². The highest BCUT2D eigenvalue weighted by molar-refractivity contribution is 5.63. The number of nitrogens with two attached hydrogens (primary N) is 1. The minimum atomic E-state index is 0.222. The fourth-order valence-corrected chi connectivity index (χ4v) is 1.94. The highest BCUT2D eigenvalue weighted by Gasteiger charge is 2.13. The summed E-state index contributed by atoms with van der Waals surface area (Å²) in [6, 6.07) is 7.77. The Kier molecular flexibility index (Phi) is 3.43. The molecule has 1 aromatic heterocycles. The van der Waals surface area contributed by atoms with Crippen molar-refractivity contribution in [3.05, 3.63) is 29.5 Å². The molecule has 5 nitrogen and oxygen atoms in total. The molecule has 2 aromatic rings. The molecule has 0 aliphatic rings. The second-order valence-corrected chi connectivity index (χ2v) is 4.57. The zero-order valence-electron chi connectivity index (χ0n) is 11.2. The molecule has 2 rings (SSSR count). The highest BCUT2D eigenvalue weighted by Crippen LogP contribution is 2.31. The van der Waals surface area contributed by atoms with Gasteiger partial charge in [0, 0.05) is 5.56 Å². The van der Waals surface area contributed by atoms with Crippen molar-refractivity contribution in [2.75, 3.05) is 12.8 Å². The number of H-pyrrole nitrogens is 1. The molecule has 0 bridgehead atoms.